The summed E-state index contributed by atoms with van der Waals surface area (Å²) in [7, 11) is 0. The number of aryl methyl sites for hydroxylation is 2. The van der Waals surface area contributed by atoms with Crippen molar-refractivity contribution < 1.29 is 18.0 Å². The van der Waals surface area contributed by atoms with Gasteiger partial charge in [0.05, 0.1) is 29.3 Å². The van der Waals surface area contributed by atoms with Crippen molar-refractivity contribution in [1.82, 2.24) is 44.9 Å². The number of hydrogen-bond acceptors (Lipinski definition) is 7. The Kier molecular flexibility index (Phi) is 5.86. The average molecular weight is 545 g/mol. The molecule has 0 aliphatic heterocycles. The van der Waals surface area contributed by atoms with Crippen molar-refractivity contribution in [2.24, 2.45) is 0 Å². The van der Waals surface area contributed by atoms with Crippen LogP contribution in [0.2, 0.25) is 0 Å². The van der Waals surface area contributed by atoms with E-state index in [0.717, 1.165) is 28.6 Å². The number of rotatable bonds is 5. The van der Waals surface area contributed by atoms with Crippen LogP contribution in [0.1, 0.15) is 27.3 Å². The minimum absolute atomic E-state index is 0.0460. The average Bonchev–Trinajstić information content (AvgIpc) is 3.69. The van der Waals surface area contributed by atoms with Gasteiger partial charge in [0.25, 0.3) is 5.91 Å². The Morgan fingerprint density at radius 2 is 1.85 bits per heavy atom. The van der Waals surface area contributed by atoms with E-state index in [4.69, 9.17) is 0 Å². The zero-order valence-corrected chi connectivity index (χ0v) is 21.0. The number of pyridine rings is 1. The van der Waals surface area contributed by atoms with Gasteiger partial charge in [0, 0.05) is 28.4 Å². The zero-order valence-electron chi connectivity index (χ0n) is 21.0. The van der Waals surface area contributed by atoms with Crippen LogP contribution in [0.3, 0.4) is 0 Å². The molecule has 6 aromatic rings. The molecule has 0 saturated carbocycles. The van der Waals surface area contributed by atoms with E-state index in [1.807, 2.05) is 13.0 Å². The Morgan fingerprint density at radius 1 is 1.00 bits per heavy atom. The second-order valence-corrected chi connectivity index (χ2v) is 9.04. The van der Waals surface area contributed by atoms with Gasteiger partial charge >= 0.3 is 6.18 Å². The summed E-state index contributed by atoms with van der Waals surface area (Å²) in [5.41, 5.74) is 2.66. The summed E-state index contributed by atoms with van der Waals surface area (Å²) >= 11 is 0. The van der Waals surface area contributed by atoms with Crippen molar-refractivity contribution in [2.45, 2.75) is 20.0 Å². The van der Waals surface area contributed by atoms with Crippen molar-refractivity contribution in [3.63, 3.8) is 0 Å². The summed E-state index contributed by atoms with van der Waals surface area (Å²) in [6.07, 6.45) is 1.67. The van der Waals surface area contributed by atoms with E-state index in [1.54, 1.807) is 43.7 Å². The van der Waals surface area contributed by atoms with Crippen LogP contribution in [0.5, 0.6) is 0 Å². The lowest BCUT2D eigenvalue weighted by molar-refractivity contribution is -0.137. The van der Waals surface area contributed by atoms with E-state index in [0.29, 0.717) is 22.9 Å². The molecule has 2 N–H and O–H groups in total. The largest absolute Gasteiger partial charge is 0.416 e. The number of nitrogens with one attached hydrogen (secondary N) is 2. The van der Waals surface area contributed by atoms with Gasteiger partial charge in [0.1, 0.15) is 17.8 Å². The van der Waals surface area contributed by atoms with Crippen LogP contribution in [-0.4, -0.2) is 50.8 Å². The standard InChI is InChI=1S/C26H19F3N10O/c1-14-3-4-16(6-23(14)38-12-22(34-37-38)17-5-18-11-32-35-24(18)30-10-17)25(40)33-20-7-19(26(27,28)29)8-21(9-20)39-13-31-15(2)36-39/h3-13H,1-2H3,(H,33,40)(H,30,32,35). The molecule has 4 heterocycles. The number of H-pyrrole nitrogens is 1. The molecule has 11 nitrogen and oxygen atoms in total. The van der Waals surface area contributed by atoms with Gasteiger partial charge in [-0.25, -0.2) is 19.3 Å². The first-order valence-corrected chi connectivity index (χ1v) is 11.9. The maximum Gasteiger partial charge on any atom is 0.416 e. The van der Waals surface area contributed by atoms with Crippen molar-refractivity contribution in [2.75, 3.05) is 5.32 Å². The third-order valence-electron chi connectivity index (χ3n) is 6.17. The molecule has 4 aromatic heterocycles. The van der Waals surface area contributed by atoms with E-state index in [1.165, 1.54) is 21.8 Å². The summed E-state index contributed by atoms with van der Waals surface area (Å²) in [6.45, 7) is 3.46. The predicted molar refractivity (Wildman–Crippen MR) is 138 cm³/mol. The Balaban J connectivity index is 1.30. The molecule has 2 aromatic carbocycles. The fourth-order valence-corrected chi connectivity index (χ4v) is 4.14. The molecule has 0 unspecified atom stereocenters. The molecule has 0 aliphatic rings. The van der Waals surface area contributed by atoms with Gasteiger partial charge in [-0.2, -0.15) is 23.4 Å². The summed E-state index contributed by atoms with van der Waals surface area (Å²) < 4.78 is 43.6. The second-order valence-electron chi connectivity index (χ2n) is 9.04. The molecule has 0 saturated heterocycles. The van der Waals surface area contributed by atoms with E-state index in [2.05, 4.69) is 40.9 Å². The summed E-state index contributed by atoms with van der Waals surface area (Å²) in [5, 5.41) is 22.7. The molecule has 0 atom stereocenters. The van der Waals surface area contributed by atoms with E-state index in [-0.39, 0.29) is 16.9 Å². The number of alkyl halides is 3. The van der Waals surface area contributed by atoms with Gasteiger partial charge in [-0.15, -0.1) is 5.10 Å². The Hall–Kier alpha value is -5.40. The number of benzene rings is 2. The number of nitrogens with zero attached hydrogens (tertiary/aromatic N) is 8. The van der Waals surface area contributed by atoms with E-state index in [9.17, 15) is 18.0 Å². The summed E-state index contributed by atoms with van der Waals surface area (Å²) in [5.74, 6) is -0.207. The Bertz CT molecular complexity index is 1890. The smallest absolute Gasteiger partial charge is 0.322 e. The molecule has 0 radical (unpaired) electrons. The number of hydrogen-bond donors (Lipinski definition) is 2. The maximum absolute atomic E-state index is 13.6. The zero-order chi connectivity index (χ0) is 28.0. The number of aromatic amines is 1. The highest BCUT2D eigenvalue weighted by Gasteiger charge is 2.32. The van der Waals surface area contributed by atoms with E-state index < -0.39 is 17.6 Å². The Labute approximate surface area is 223 Å². The molecule has 6 rings (SSSR count). The second kappa shape index (κ2) is 9.41. The maximum atomic E-state index is 13.6. The van der Waals surface area contributed by atoms with Gasteiger partial charge in [-0.1, -0.05) is 11.3 Å². The first-order valence-electron chi connectivity index (χ1n) is 11.9. The lowest BCUT2D eigenvalue weighted by Gasteiger charge is -2.14. The van der Waals surface area contributed by atoms with Crippen LogP contribution in [-0.2, 0) is 6.18 Å². The van der Waals surface area contributed by atoms with Crippen molar-refractivity contribution in [3.8, 4) is 22.6 Å². The topological polar surface area (TPSA) is 132 Å². The molecule has 200 valence electrons. The molecule has 0 bridgehead atoms. The molecule has 40 heavy (non-hydrogen) atoms. The number of fused-ring (bicyclic) bond motifs is 1. The van der Waals surface area contributed by atoms with Crippen LogP contribution in [0.25, 0.3) is 33.7 Å². The highest BCUT2D eigenvalue weighted by molar-refractivity contribution is 6.04. The SMILES string of the molecule is Cc1ncn(-c2cc(NC(=O)c3ccc(C)c(-n4cc(-c5cnc6[nH]ncc6c5)nn4)c3)cc(C(F)(F)F)c2)n1. The number of carbonyl (C=O) groups is 1. The fraction of sp³-hybridized carbons (Fsp3) is 0.115. The molecule has 1 amide bonds. The van der Waals surface area contributed by atoms with E-state index >= 15 is 0 Å². The number of aromatic nitrogens is 9. The monoisotopic (exact) mass is 544 g/mol. The lowest BCUT2D eigenvalue weighted by Crippen LogP contribution is -2.15. The van der Waals surface area contributed by atoms with Crippen LogP contribution in [0.15, 0.2) is 67.4 Å². The number of amides is 1. The van der Waals surface area contributed by atoms with Gasteiger partial charge in [0.15, 0.2) is 5.65 Å². The first kappa shape index (κ1) is 24.9. The molecule has 0 aliphatic carbocycles. The highest BCUT2D eigenvalue weighted by atomic mass is 19.4. The molecule has 0 fully saturated rings. The van der Waals surface area contributed by atoms with Crippen LogP contribution in [0, 0.1) is 13.8 Å². The fourth-order valence-electron chi connectivity index (χ4n) is 4.14. The molecule has 14 heteroatoms. The predicted octanol–water partition coefficient (Wildman–Crippen LogP) is 4.67. The van der Waals surface area contributed by atoms with Crippen LogP contribution in [0.4, 0.5) is 18.9 Å². The van der Waals surface area contributed by atoms with Gasteiger partial charge < -0.3 is 5.32 Å². The van der Waals surface area contributed by atoms with Crippen molar-refractivity contribution in [1.29, 1.82) is 0 Å². The number of carbonyl (C=O) groups excluding carboxylic acids is 1. The normalized spacial score (nSPS) is 11.7. The van der Waals surface area contributed by atoms with Crippen LogP contribution < -0.4 is 5.32 Å². The molecular weight excluding hydrogens is 525 g/mol. The summed E-state index contributed by atoms with van der Waals surface area (Å²) in [4.78, 5) is 21.4. The number of anilines is 1. The van der Waals surface area contributed by atoms with Crippen molar-refractivity contribution >= 4 is 22.6 Å². The van der Waals surface area contributed by atoms with Gasteiger partial charge in [-0.05, 0) is 55.8 Å². The molecular formula is C26H19F3N10O. The number of halogens is 3. The van der Waals surface area contributed by atoms with Gasteiger partial charge in [-0.3, -0.25) is 9.89 Å². The quantitative estimate of drug-likeness (QED) is 0.322. The van der Waals surface area contributed by atoms with Gasteiger partial charge in [0.2, 0.25) is 0 Å². The first-order chi connectivity index (χ1) is 19.1. The third kappa shape index (κ3) is 4.77. The van der Waals surface area contributed by atoms with Crippen molar-refractivity contribution in [3.05, 3.63) is 89.9 Å². The third-order valence-corrected chi connectivity index (χ3v) is 6.17. The van der Waals surface area contributed by atoms with Crippen LogP contribution >= 0.6 is 0 Å². The minimum atomic E-state index is -4.63. The highest BCUT2D eigenvalue weighted by Crippen LogP contribution is 2.33. The lowest BCUT2D eigenvalue weighted by atomic mass is 10.1. The minimum Gasteiger partial charge on any atom is -0.322 e. The molecule has 0 spiro atoms. The Morgan fingerprint density at radius 3 is 2.62 bits per heavy atom. The summed E-state index contributed by atoms with van der Waals surface area (Å²) in [6, 6.07) is 9.98.